The normalized spacial score (nSPS) is 34.4. The number of fused-ring (bicyclic) bond motifs is 1. The van der Waals surface area contributed by atoms with Gasteiger partial charge in [0.15, 0.2) is 18.8 Å². The van der Waals surface area contributed by atoms with Gasteiger partial charge in [0, 0.05) is 5.57 Å². The second kappa shape index (κ2) is 6.14. The lowest BCUT2D eigenvalue weighted by Crippen LogP contribution is -2.49. The summed E-state index contributed by atoms with van der Waals surface area (Å²) in [7, 11) is 0. The number of rotatable bonds is 5. The molecule has 2 bridgehead atoms. The van der Waals surface area contributed by atoms with E-state index in [4.69, 9.17) is 14.2 Å². The Bertz CT molecular complexity index is 703. The Morgan fingerprint density at radius 3 is 2.33 bits per heavy atom. The Morgan fingerprint density at radius 1 is 1.15 bits per heavy atom. The van der Waals surface area contributed by atoms with Gasteiger partial charge in [0.25, 0.3) is 0 Å². The maximum absolute atomic E-state index is 13.0. The minimum Gasteiger partial charge on any atom is -0.459 e. The van der Waals surface area contributed by atoms with Crippen LogP contribution in [0.1, 0.15) is 6.92 Å². The van der Waals surface area contributed by atoms with Crippen molar-refractivity contribution in [3.8, 4) is 0 Å². The highest BCUT2D eigenvalue weighted by Gasteiger charge is 2.72. The second-order valence-corrected chi connectivity index (χ2v) is 6.48. The molecule has 6 atom stereocenters. The van der Waals surface area contributed by atoms with E-state index in [1.807, 2.05) is 0 Å². The zero-order valence-electron chi connectivity index (χ0n) is 13.6. The van der Waals surface area contributed by atoms with Crippen molar-refractivity contribution in [1.82, 2.24) is 0 Å². The van der Waals surface area contributed by atoms with E-state index < -0.39 is 72.9 Å². The van der Waals surface area contributed by atoms with Crippen LogP contribution in [0.2, 0.25) is 0 Å². The Labute approximate surface area is 148 Å². The van der Waals surface area contributed by atoms with Crippen molar-refractivity contribution in [3.63, 3.8) is 0 Å². The van der Waals surface area contributed by atoms with E-state index >= 15 is 0 Å². The Morgan fingerprint density at radius 2 is 1.78 bits per heavy atom. The van der Waals surface area contributed by atoms with Gasteiger partial charge in [-0.15, -0.1) is 0 Å². The van der Waals surface area contributed by atoms with Gasteiger partial charge in [0.2, 0.25) is 0 Å². The first-order valence-electron chi connectivity index (χ1n) is 7.69. The van der Waals surface area contributed by atoms with E-state index in [1.54, 1.807) is 0 Å². The molecule has 12 heteroatoms. The highest BCUT2D eigenvalue weighted by Crippen LogP contribution is 2.51. The molecular weight excluding hydrogens is 387 g/mol. The van der Waals surface area contributed by atoms with Crippen molar-refractivity contribution in [2.24, 2.45) is 11.8 Å². The van der Waals surface area contributed by atoms with Crippen molar-refractivity contribution in [2.75, 3.05) is 6.61 Å². The number of alkyl halides is 5. The SMILES string of the molecule is C=C(C)C(=O)OC1C2OC(=O)C3C2OC1C3C(=O)OCC(F)(F)C(F)(F)F. The van der Waals surface area contributed by atoms with Crippen LogP contribution < -0.4 is 0 Å². The van der Waals surface area contributed by atoms with Gasteiger partial charge in [-0.1, -0.05) is 6.58 Å². The molecule has 3 saturated heterocycles. The summed E-state index contributed by atoms with van der Waals surface area (Å²) in [6, 6.07) is 0. The number of hydrogen-bond donors (Lipinski definition) is 0. The Hall–Kier alpha value is -2.24. The quantitative estimate of drug-likeness (QED) is 0.296. The maximum Gasteiger partial charge on any atom is 0.456 e. The van der Waals surface area contributed by atoms with E-state index in [1.165, 1.54) is 6.92 Å². The molecule has 3 aliphatic rings. The van der Waals surface area contributed by atoms with E-state index in [-0.39, 0.29) is 5.57 Å². The minimum atomic E-state index is -5.91. The van der Waals surface area contributed by atoms with Crippen LogP contribution in [0, 0.1) is 11.8 Å². The lowest BCUT2D eigenvalue weighted by molar-refractivity contribution is -0.294. The van der Waals surface area contributed by atoms with Crippen molar-refractivity contribution in [3.05, 3.63) is 12.2 Å². The standard InChI is InChI=1S/C15H13F5O7/c1-4(2)11(21)26-9-7-5(6-8(25-7)10(9)27-13(6)23)12(22)24-3-14(16,17)15(18,19)20/h5-10H,1,3H2,2H3. The third kappa shape index (κ3) is 3.05. The van der Waals surface area contributed by atoms with Crippen molar-refractivity contribution in [1.29, 1.82) is 0 Å². The fraction of sp³-hybridized carbons (Fsp3) is 0.667. The molecule has 0 N–H and O–H groups in total. The van der Waals surface area contributed by atoms with Crippen LogP contribution >= 0.6 is 0 Å². The van der Waals surface area contributed by atoms with Gasteiger partial charge >= 0.3 is 30.0 Å². The summed E-state index contributed by atoms with van der Waals surface area (Å²) in [6.07, 6.45) is -10.4. The molecule has 0 amide bonds. The van der Waals surface area contributed by atoms with E-state index in [9.17, 15) is 36.3 Å². The van der Waals surface area contributed by atoms with Gasteiger partial charge in [-0.05, 0) is 6.92 Å². The maximum atomic E-state index is 13.0. The van der Waals surface area contributed by atoms with E-state index in [0.717, 1.165) is 0 Å². The summed E-state index contributed by atoms with van der Waals surface area (Å²) in [5, 5.41) is 0. The topological polar surface area (TPSA) is 88.1 Å². The highest BCUT2D eigenvalue weighted by molar-refractivity contribution is 5.89. The zero-order valence-corrected chi connectivity index (χ0v) is 13.6. The number of ether oxygens (including phenoxy) is 4. The van der Waals surface area contributed by atoms with E-state index in [2.05, 4.69) is 11.3 Å². The van der Waals surface area contributed by atoms with Crippen molar-refractivity contribution < 1.29 is 55.3 Å². The molecule has 6 unspecified atom stereocenters. The van der Waals surface area contributed by atoms with Crippen molar-refractivity contribution >= 4 is 17.9 Å². The molecule has 3 aliphatic heterocycles. The molecule has 0 spiro atoms. The van der Waals surface area contributed by atoms with Crippen LogP contribution in [0.3, 0.4) is 0 Å². The van der Waals surface area contributed by atoms with Gasteiger partial charge in [0.1, 0.15) is 24.0 Å². The zero-order chi connectivity index (χ0) is 20.3. The molecule has 0 aromatic rings. The van der Waals surface area contributed by atoms with Crippen LogP contribution in [-0.2, 0) is 33.3 Å². The molecular formula is C15H13F5O7. The second-order valence-electron chi connectivity index (χ2n) is 6.48. The smallest absolute Gasteiger partial charge is 0.456 e. The Kier molecular flexibility index (Phi) is 4.44. The first kappa shape index (κ1) is 19.5. The van der Waals surface area contributed by atoms with Crippen LogP contribution in [0.15, 0.2) is 12.2 Å². The summed E-state index contributed by atoms with van der Waals surface area (Å²) < 4.78 is 82.1. The predicted molar refractivity (Wildman–Crippen MR) is 72.2 cm³/mol. The summed E-state index contributed by atoms with van der Waals surface area (Å²) >= 11 is 0. The molecule has 3 heterocycles. The minimum absolute atomic E-state index is 0.00240. The Balaban J connectivity index is 1.75. The van der Waals surface area contributed by atoms with Crippen LogP contribution in [0.5, 0.6) is 0 Å². The van der Waals surface area contributed by atoms with Crippen LogP contribution in [0.4, 0.5) is 22.0 Å². The van der Waals surface area contributed by atoms with Gasteiger partial charge in [-0.2, -0.15) is 22.0 Å². The number of halogens is 5. The van der Waals surface area contributed by atoms with Crippen LogP contribution in [-0.4, -0.2) is 61.0 Å². The van der Waals surface area contributed by atoms with Gasteiger partial charge in [-0.25, -0.2) is 4.79 Å². The third-order valence-electron chi connectivity index (χ3n) is 4.58. The van der Waals surface area contributed by atoms with Gasteiger partial charge in [-0.3, -0.25) is 9.59 Å². The fourth-order valence-corrected chi connectivity index (χ4v) is 3.30. The average Bonchev–Trinajstić information content (AvgIpc) is 3.14. The predicted octanol–water partition coefficient (Wildman–Crippen LogP) is 1.15. The molecule has 0 aliphatic carbocycles. The molecule has 3 fully saturated rings. The van der Waals surface area contributed by atoms with Gasteiger partial charge < -0.3 is 18.9 Å². The number of hydrogen-bond acceptors (Lipinski definition) is 7. The fourth-order valence-electron chi connectivity index (χ4n) is 3.30. The summed E-state index contributed by atoms with van der Waals surface area (Å²) in [5.41, 5.74) is 0.00240. The molecule has 0 radical (unpaired) electrons. The molecule has 3 rings (SSSR count). The first-order valence-corrected chi connectivity index (χ1v) is 7.69. The lowest BCUT2D eigenvalue weighted by Gasteiger charge is -2.27. The molecule has 0 saturated carbocycles. The van der Waals surface area contributed by atoms with Gasteiger partial charge in [0.05, 0.1) is 0 Å². The number of carbonyl (C=O) groups excluding carboxylic acids is 3. The molecule has 0 aromatic carbocycles. The summed E-state index contributed by atoms with van der Waals surface area (Å²) in [5.74, 6) is -11.3. The first-order chi connectivity index (χ1) is 12.3. The number of carbonyl (C=O) groups is 3. The largest absolute Gasteiger partial charge is 0.459 e. The molecule has 27 heavy (non-hydrogen) atoms. The molecule has 150 valence electrons. The monoisotopic (exact) mass is 400 g/mol. The van der Waals surface area contributed by atoms with E-state index in [0.29, 0.717) is 0 Å². The summed E-state index contributed by atoms with van der Waals surface area (Å²) in [6.45, 7) is 2.46. The third-order valence-corrected chi connectivity index (χ3v) is 4.58. The average molecular weight is 400 g/mol. The molecule has 7 nitrogen and oxygen atoms in total. The van der Waals surface area contributed by atoms with Crippen molar-refractivity contribution in [2.45, 2.75) is 43.4 Å². The lowest BCUT2D eigenvalue weighted by atomic mass is 9.78. The number of esters is 3. The highest BCUT2D eigenvalue weighted by atomic mass is 19.4. The molecule has 0 aromatic heterocycles. The van der Waals surface area contributed by atoms with Crippen LogP contribution in [0.25, 0.3) is 0 Å². The summed E-state index contributed by atoms with van der Waals surface area (Å²) in [4.78, 5) is 35.8.